The third-order valence-electron chi connectivity index (χ3n) is 4.29. The summed E-state index contributed by atoms with van der Waals surface area (Å²) in [5, 5.41) is 11.4. The fourth-order valence-electron chi connectivity index (χ4n) is 3.06. The average molecular weight is 317 g/mol. The Hall–Kier alpha value is -2.65. The van der Waals surface area contributed by atoms with Crippen molar-refractivity contribution in [1.29, 1.82) is 0 Å². The summed E-state index contributed by atoms with van der Waals surface area (Å²) in [6.45, 7) is 0.212. The van der Waals surface area contributed by atoms with Crippen LogP contribution in [0.3, 0.4) is 0 Å². The van der Waals surface area contributed by atoms with E-state index >= 15 is 0 Å². The van der Waals surface area contributed by atoms with Crippen molar-refractivity contribution in [3.8, 4) is 0 Å². The molecule has 0 unspecified atom stereocenters. The van der Waals surface area contributed by atoms with Crippen LogP contribution in [0.15, 0.2) is 65.1 Å². The number of nitrogens with zero attached hydrogens (tertiary/aromatic N) is 1. The molecule has 0 spiro atoms. The summed E-state index contributed by atoms with van der Waals surface area (Å²) in [4.78, 5) is 4.63. The van der Waals surface area contributed by atoms with E-state index < -0.39 is 0 Å². The zero-order valence-corrected chi connectivity index (χ0v) is 13.4. The van der Waals surface area contributed by atoms with Crippen LogP contribution in [0.25, 0.3) is 21.9 Å². The molecule has 1 N–H and O–H groups in total. The molecule has 0 aliphatic heterocycles. The molecule has 3 aromatic carbocycles. The molecule has 0 saturated carbocycles. The van der Waals surface area contributed by atoms with Crippen LogP contribution >= 0.6 is 0 Å². The molecule has 4 rings (SSSR count). The zero-order valence-electron chi connectivity index (χ0n) is 13.4. The molecule has 0 radical (unpaired) electrons. The van der Waals surface area contributed by atoms with E-state index in [1.165, 1.54) is 21.9 Å². The van der Waals surface area contributed by atoms with Gasteiger partial charge in [0.2, 0.25) is 0 Å². The Morgan fingerprint density at radius 1 is 0.875 bits per heavy atom. The summed E-state index contributed by atoms with van der Waals surface area (Å²) in [6.07, 6.45) is 2.32. The lowest BCUT2D eigenvalue weighted by Gasteiger charge is -2.01. The first-order valence-corrected chi connectivity index (χ1v) is 8.29. The number of hydrogen-bond donors (Lipinski definition) is 1. The lowest BCUT2D eigenvalue weighted by molar-refractivity contribution is 0.288. The largest absolute Gasteiger partial charge is 0.440 e. The quantitative estimate of drug-likeness (QED) is 0.589. The number of aliphatic hydroxyl groups excluding tert-OH is 1. The maximum atomic E-state index is 8.95. The monoisotopic (exact) mass is 317 g/mol. The molecule has 3 nitrogen and oxygen atoms in total. The summed E-state index contributed by atoms with van der Waals surface area (Å²) in [7, 11) is 0. The molecule has 1 heterocycles. The van der Waals surface area contributed by atoms with E-state index in [0.29, 0.717) is 6.42 Å². The van der Waals surface area contributed by atoms with Crippen molar-refractivity contribution in [2.45, 2.75) is 19.3 Å². The van der Waals surface area contributed by atoms with Gasteiger partial charge in [0.1, 0.15) is 5.52 Å². The molecular weight excluding hydrogens is 298 g/mol. The molecule has 24 heavy (non-hydrogen) atoms. The topological polar surface area (TPSA) is 46.3 Å². The predicted molar refractivity (Wildman–Crippen MR) is 96.2 cm³/mol. The van der Waals surface area contributed by atoms with E-state index in [1.54, 1.807) is 0 Å². The van der Waals surface area contributed by atoms with Gasteiger partial charge in [-0.3, -0.25) is 0 Å². The normalized spacial score (nSPS) is 11.4. The van der Waals surface area contributed by atoms with Crippen molar-refractivity contribution >= 4 is 21.9 Å². The van der Waals surface area contributed by atoms with Crippen LogP contribution in [0.5, 0.6) is 0 Å². The lowest BCUT2D eigenvalue weighted by Crippen LogP contribution is -1.89. The van der Waals surface area contributed by atoms with Crippen LogP contribution in [0, 0.1) is 0 Å². The van der Waals surface area contributed by atoms with Crippen molar-refractivity contribution in [2.75, 3.05) is 6.61 Å². The van der Waals surface area contributed by atoms with E-state index in [2.05, 4.69) is 53.5 Å². The van der Waals surface area contributed by atoms with Gasteiger partial charge in [-0.25, -0.2) is 4.98 Å². The second kappa shape index (κ2) is 6.46. The molecule has 1 aromatic heterocycles. The maximum absolute atomic E-state index is 8.95. The number of benzene rings is 3. The number of oxazole rings is 1. The Morgan fingerprint density at radius 2 is 1.71 bits per heavy atom. The molecule has 0 saturated heterocycles. The molecule has 3 heteroatoms. The zero-order chi connectivity index (χ0) is 16.4. The van der Waals surface area contributed by atoms with E-state index in [-0.39, 0.29) is 6.61 Å². The molecule has 0 aliphatic carbocycles. The molecule has 0 aliphatic rings. The molecule has 0 fully saturated rings. The van der Waals surface area contributed by atoms with Crippen molar-refractivity contribution in [3.63, 3.8) is 0 Å². The molecular formula is C21H19NO2. The molecule has 120 valence electrons. The van der Waals surface area contributed by atoms with E-state index in [9.17, 15) is 0 Å². The SMILES string of the molecule is OCCCc1ccc2oc(Cc3ccc4ccccc4c3)nc2c1. The minimum absolute atomic E-state index is 0.212. The van der Waals surface area contributed by atoms with E-state index in [4.69, 9.17) is 9.52 Å². The van der Waals surface area contributed by atoms with Crippen LogP contribution in [0.4, 0.5) is 0 Å². The standard InChI is InChI=1S/C21H19NO2/c23-11-3-4-15-8-10-20-19(13-15)22-21(24-20)14-16-7-9-17-5-1-2-6-18(17)12-16/h1-2,5-10,12-13,23H,3-4,11,14H2. The van der Waals surface area contributed by atoms with Gasteiger partial charge in [-0.15, -0.1) is 0 Å². The van der Waals surface area contributed by atoms with E-state index in [0.717, 1.165) is 29.8 Å². The minimum atomic E-state index is 0.212. The molecule has 0 amide bonds. The second-order valence-electron chi connectivity index (χ2n) is 6.10. The first kappa shape index (κ1) is 14.9. The highest BCUT2D eigenvalue weighted by atomic mass is 16.3. The highest BCUT2D eigenvalue weighted by Crippen LogP contribution is 2.22. The lowest BCUT2D eigenvalue weighted by atomic mass is 10.1. The number of aromatic nitrogens is 1. The Labute approximate surface area is 140 Å². The first-order valence-electron chi connectivity index (χ1n) is 8.29. The third kappa shape index (κ3) is 3.03. The Balaban J connectivity index is 1.60. The van der Waals surface area contributed by atoms with Crippen molar-refractivity contribution in [3.05, 3.63) is 77.7 Å². The minimum Gasteiger partial charge on any atom is -0.440 e. The van der Waals surface area contributed by atoms with Crippen LogP contribution in [0.1, 0.15) is 23.4 Å². The van der Waals surface area contributed by atoms with Gasteiger partial charge in [0.25, 0.3) is 0 Å². The summed E-state index contributed by atoms with van der Waals surface area (Å²) in [5.41, 5.74) is 4.09. The first-order chi connectivity index (χ1) is 11.8. The number of hydrogen-bond acceptors (Lipinski definition) is 3. The van der Waals surface area contributed by atoms with Gasteiger partial charge in [0.15, 0.2) is 11.5 Å². The van der Waals surface area contributed by atoms with Gasteiger partial charge in [0, 0.05) is 13.0 Å². The number of rotatable bonds is 5. The van der Waals surface area contributed by atoms with Crippen LogP contribution in [-0.4, -0.2) is 16.7 Å². The van der Waals surface area contributed by atoms with Gasteiger partial charge >= 0.3 is 0 Å². The second-order valence-corrected chi connectivity index (χ2v) is 6.10. The highest BCUT2D eigenvalue weighted by Gasteiger charge is 2.08. The van der Waals surface area contributed by atoms with Gasteiger partial charge in [-0.2, -0.15) is 0 Å². The summed E-state index contributed by atoms with van der Waals surface area (Å²) in [6, 6.07) is 20.9. The summed E-state index contributed by atoms with van der Waals surface area (Å²) >= 11 is 0. The van der Waals surface area contributed by atoms with Gasteiger partial charge in [0.05, 0.1) is 0 Å². The van der Waals surface area contributed by atoms with Crippen molar-refractivity contribution in [1.82, 2.24) is 4.98 Å². The Bertz CT molecular complexity index is 987. The third-order valence-corrected chi connectivity index (χ3v) is 4.29. The molecule has 0 atom stereocenters. The van der Waals surface area contributed by atoms with Crippen LogP contribution in [-0.2, 0) is 12.8 Å². The van der Waals surface area contributed by atoms with Crippen LogP contribution in [0.2, 0.25) is 0 Å². The van der Waals surface area contributed by atoms with Crippen molar-refractivity contribution in [2.24, 2.45) is 0 Å². The van der Waals surface area contributed by atoms with Crippen molar-refractivity contribution < 1.29 is 9.52 Å². The molecule has 4 aromatic rings. The fraction of sp³-hybridized carbons (Fsp3) is 0.190. The van der Waals surface area contributed by atoms with Gasteiger partial charge in [-0.1, -0.05) is 48.5 Å². The number of aryl methyl sites for hydroxylation is 1. The predicted octanol–water partition coefficient (Wildman–Crippen LogP) is 4.50. The molecule has 0 bridgehead atoms. The Kier molecular flexibility index (Phi) is 4.01. The average Bonchev–Trinajstić information content (AvgIpc) is 3.01. The summed E-state index contributed by atoms with van der Waals surface area (Å²) < 4.78 is 5.88. The Morgan fingerprint density at radius 3 is 2.58 bits per heavy atom. The highest BCUT2D eigenvalue weighted by molar-refractivity contribution is 5.83. The number of aliphatic hydroxyl groups is 1. The fourth-order valence-corrected chi connectivity index (χ4v) is 3.06. The smallest absolute Gasteiger partial charge is 0.199 e. The maximum Gasteiger partial charge on any atom is 0.199 e. The van der Waals surface area contributed by atoms with Crippen LogP contribution < -0.4 is 0 Å². The number of fused-ring (bicyclic) bond motifs is 2. The van der Waals surface area contributed by atoms with Gasteiger partial charge < -0.3 is 9.52 Å². The van der Waals surface area contributed by atoms with E-state index in [1.807, 2.05) is 12.1 Å². The summed E-state index contributed by atoms with van der Waals surface area (Å²) in [5.74, 6) is 0.736. The van der Waals surface area contributed by atoms with Gasteiger partial charge in [-0.05, 0) is 46.9 Å².